The number of halogens is 1. The molecule has 3 rings (SSSR count). The summed E-state index contributed by atoms with van der Waals surface area (Å²) in [4.78, 5) is 16.3. The third kappa shape index (κ3) is 2.82. The number of benzene rings is 1. The van der Waals surface area contributed by atoms with E-state index in [1.54, 1.807) is 24.3 Å². The predicted molar refractivity (Wildman–Crippen MR) is 92.8 cm³/mol. The third-order valence-corrected chi connectivity index (χ3v) is 5.18. The number of hydrogen-bond donors (Lipinski definition) is 1. The number of anilines is 1. The molecule has 0 bridgehead atoms. The van der Waals surface area contributed by atoms with Crippen molar-refractivity contribution in [1.82, 2.24) is 4.90 Å². The minimum Gasteiger partial charge on any atom is -0.390 e. The van der Waals surface area contributed by atoms with Crippen molar-refractivity contribution in [2.24, 2.45) is 0 Å². The molecule has 1 aliphatic rings. The van der Waals surface area contributed by atoms with E-state index >= 15 is 0 Å². The number of nitrogens with two attached hydrogens (primary N) is 1. The summed E-state index contributed by atoms with van der Waals surface area (Å²) in [6.07, 6.45) is 2.76. The van der Waals surface area contributed by atoms with Gasteiger partial charge in [-0.05, 0) is 36.2 Å². The van der Waals surface area contributed by atoms with Crippen LogP contribution in [0, 0.1) is 0 Å². The second kappa shape index (κ2) is 6.24. The number of hydrogen-bond acceptors (Lipinski definition) is 4. The molecule has 114 valence electrons. The normalized spacial score (nSPS) is 14.6. The second-order valence-electron chi connectivity index (χ2n) is 5.35. The molecule has 5 heteroatoms. The van der Waals surface area contributed by atoms with Crippen molar-refractivity contribution >= 4 is 33.7 Å². The van der Waals surface area contributed by atoms with Gasteiger partial charge in [-0.15, -0.1) is 17.9 Å². The number of fused-ring (bicyclic) bond motifs is 1. The zero-order valence-electron chi connectivity index (χ0n) is 12.1. The molecule has 0 unspecified atom stereocenters. The van der Waals surface area contributed by atoms with E-state index in [0.29, 0.717) is 21.2 Å². The Hall–Kier alpha value is -1.62. The number of carbonyl (C=O) groups excluding carboxylic acids is 1. The molecule has 0 atom stereocenters. The molecule has 3 nitrogen and oxygen atoms in total. The number of nitrogens with zero attached hydrogens (tertiary/aromatic N) is 1. The van der Waals surface area contributed by atoms with Crippen molar-refractivity contribution in [2.75, 3.05) is 18.8 Å². The van der Waals surface area contributed by atoms with Crippen LogP contribution >= 0.6 is 22.9 Å². The summed E-state index contributed by atoms with van der Waals surface area (Å²) in [6.45, 7) is 6.40. The van der Waals surface area contributed by atoms with E-state index in [9.17, 15) is 4.79 Å². The highest BCUT2D eigenvalue weighted by atomic mass is 35.5. The highest BCUT2D eigenvalue weighted by Crippen LogP contribution is 2.36. The maximum atomic E-state index is 12.8. The summed E-state index contributed by atoms with van der Waals surface area (Å²) < 4.78 is 0. The monoisotopic (exact) mass is 332 g/mol. The maximum absolute atomic E-state index is 12.8. The van der Waals surface area contributed by atoms with Crippen LogP contribution in [-0.4, -0.2) is 23.8 Å². The molecule has 0 amide bonds. The fourth-order valence-electron chi connectivity index (χ4n) is 2.81. The van der Waals surface area contributed by atoms with Gasteiger partial charge in [0.25, 0.3) is 0 Å². The number of thiophene rings is 1. The molecule has 0 saturated heterocycles. The Labute approximate surface area is 139 Å². The van der Waals surface area contributed by atoms with Gasteiger partial charge in [-0.3, -0.25) is 9.69 Å². The Morgan fingerprint density at radius 2 is 2.14 bits per heavy atom. The number of ketones is 1. The first-order valence-corrected chi connectivity index (χ1v) is 8.33. The summed E-state index contributed by atoms with van der Waals surface area (Å²) in [5.74, 6) is -0.0103. The number of carbonyl (C=O) groups is 1. The van der Waals surface area contributed by atoms with Gasteiger partial charge < -0.3 is 5.73 Å². The van der Waals surface area contributed by atoms with Crippen LogP contribution in [0.15, 0.2) is 36.9 Å². The zero-order valence-corrected chi connectivity index (χ0v) is 13.7. The topological polar surface area (TPSA) is 46.3 Å². The lowest BCUT2D eigenvalue weighted by molar-refractivity contribution is 0.103. The van der Waals surface area contributed by atoms with E-state index in [2.05, 4.69) is 11.5 Å². The molecule has 2 heterocycles. The first kappa shape index (κ1) is 15.3. The van der Waals surface area contributed by atoms with Crippen molar-refractivity contribution in [3.63, 3.8) is 0 Å². The third-order valence-electron chi connectivity index (χ3n) is 3.88. The summed E-state index contributed by atoms with van der Waals surface area (Å²) >= 11 is 7.41. The van der Waals surface area contributed by atoms with Crippen molar-refractivity contribution < 1.29 is 4.79 Å². The molecule has 2 N–H and O–H groups in total. The van der Waals surface area contributed by atoms with Crippen LogP contribution in [0.5, 0.6) is 0 Å². The molecule has 22 heavy (non-hydrogen) atoms. The average molecular weight is 333 g/mol. The minimum absolute atomic E-state index is 0.0103. The lowest BCUT2D eigenvalue weighted by Gasteiger charge is -2.25. The van der Waals surface area contributed by atoms with Crippen molar-refractivity contribution in [1.29, 1.82) is 0 Å². The van der Waals surface area contributed by atoms with Gasteiger partial charge in [0.15, 0.2) is 5.78 Å². The van der Waals surface area contributed by atoms with E-state index in [1.165, 1.54) is 16.2 Å². The summed E-state index contributed by atoms with van der Waals surface area (Å²) in [5, 5.41) is 1.24. The van der Waals surface area contributed by atoms with Gasteiger partial charge in [0, 0.05) is 35.1 Å². The van der Waals surface area contributed by atoms with E-state index in [0.717, 1.165) is 31.6 Å². The average Bonchev–Trinajstić information content (AvgIpc) is 2.83. The Kier molecular flexibility index (Phi) is 4.34. The fourth-order valence-corrected chi connectivity index (χ4v) is 4.09. The van der Waals surface area contributed by atoms with Gasteiger partial charge >= 0.3 is 0 Å². The van der Waals surface area contributed by atoms with Crippen LogP contribution in [0.25, 0.3) is 0 Å². The largest absolute Gasteiger partial charge is 0.390 e. The fraction of sp³-hybridized carbons (Fsp3) is 0.235. The maximum Gasteiger partial charge on any atom is 0.196 e. The van der Waals surface area contributed by atoms with Crippen molar-refractivity contribution in [3.05, 3.63) is 63.5 Å². The van der Waals surface area contributed by atoms with Crippen LogP contribution in [-0.2, 0) is 13.0 Å². The Morgan fingerprint density at radius 1 is 1.41 bits per heavy atom. The molecular formula is C17H17ClN2OS. The Balaban J connectivity index is 1.94. The number of rotatable bonds is 4. The first-order chi connectivity index (χ1) is 10.6. The molecule has 1 aromatic heterocycles. The second-order valence-corrected chi connectivity index (χ2v) is 6.93. The lowest BCUT2D eigenvalue weighted by atomic mass is 9.96. The zero-order chi connectivity index (χ0) is 15.7. The standard InChI is InChI=1S/C17H17ClN2OS/c1-2-8-20-9-7-13-14(10-20)22-17(19)15(13)16(21)11-3-5-12(18)6-4-11/h2-6H,1,7-10,19H2. The smallest absolute Gasteiger partial charge is 0.196 e. The summed E-state index contributed by atoms with van der Waals surface area (Å²) in [7, 11) is 0. The van der Waals surface area contributed by atoms with E-state index in [-0.39, 0.29) is 5.78 Å². The van der Waals surface area contributed by atoms with Gasteiger partial charge in [-0.25, -0.2) is 0 Å². The molecule has 0 radical (unpaired) electrons. The van der Waals surface area contributed by atoms with Crippen LogP contribution < -0.4 is 5.73 Å². The molecule has 2 aromatic rings. The van der Waals surface area contributed by atoms with Crippen LogP contribution in [0.4, 0.5) is 5.00 Å². The molecule has 1 aromatic carbocycles. The molecular weight excluding hydrogens is 316 g/mol. The van der Waals surface area contributed by atoms with Crippen LogP contribution in [0.1, 0.15) is 26.4 Å². The molecule has 0 fully saturated rings. The molecule has 1 aliphatic heterocycles. The number of nitrogen functional groups attached to an aromatic ring is 1. The van der Waals surface area contributed by atoms with E-state index in [4.69, 9.17) is 17.3 Å². The Morgan fingerprint density at radius 3 is 2.82 bits per heavy atom. The molecule has 0 saturated carbocycles. The quantitative estimate of drug-likeness (QED) is 0.685. The van der Waals surface area contributed by atoms with Gasteiger partial charge in [-0.1, -0.05) is 17.7 Å². The minimum atomic E-state index is -0.0103. The van der Waals surface area contributed by atoms with Gasteiger partial charge in [-0.2, -0.15) is 0 Å². The van der Waals surface area contributed by atoms with E-state index in [1.807, 2.05) is 6.08 Å². The van der Waals surface area contributed by atoms with Gasteiger partial charge in [0.05, 0.1) is 10.6 Å². The van der Waals surface area contributed by atoms with Crippen molar-refractivity contribution in [3.8, 4) is 0 Å². The van der Waals surface area contributed by atoms with Crippen LogP contribution in [0.2, 0.25) is 5.02 Å². The van der Waals surface area contributed by atoms with Gasteiger partial charge in [0.1, 0.15) is 0 Å². The Bertz CT molecular complexity index is 721. The predicted octanol–water partition coefficient (Wildman–Crippen LogP) is 3.76. The first-order valence-electron chi connectivity index (χ1n) is 7.13. The van der Waals surface area contributed by atoms with E-state index < -0.39 is 0 Å². The van der Waals surface area contributed by atoms with Gasteiger partial charge in [0.2, 0.25) is 0 Å². The van der Waals surface area contributed by atoms with Crippen molar-refractivity contribution in [2.45, 2.75) is 13.0 Å². The highest BCUT2D eigenvalue weighted by Gasteiger charge is 2.27. The lowest BCUT2D eigenvalue weighted by Crippen LogP contribution is -2.30. The SMILES string of the molecule is C=CCN1CCc2c(sc(N)c2C(=O)c2ccc(Cl)cc2)C1. The summed E-state index contributed by atoms with van der Waals surface area (Å²) in [6, 6.07) is 6.97. The highest BCUT2D eigenvalue weighted by molar-refractivity contribution is 7.16. The van der Waals surface area contributed by atoms with Crippen LogP contribution in [0.3, 0.4) is 0 Å². The summed E-state index contributed by atoms with van der Waals surface area (Å²) in [5.41, 5.74) is 8.57. The molecule has 0 aliphatic carbocycles. The molecule has 0 spiro atoms.